The lowest BCUT2D eigenvalue weighted by Gasteiger charge is -2.09. The van der Waals surface area contributed by atoms with Crippen molar-refractivity contribution in [2.45, 2.75) is 13.8 Å². The van der Waals surface area contributed by atoms with E-state index in [1.54, 1.807) is 30.5 Å². The third-order valence-corrected chi connectivity index (χ3v) is 3.78. The van der Waals surface area contributed by atoms with Crippen LogP contribution < -0.4 is 10.6 Å². The van der Waals surface area contributed by atoms with E-state index in [0.717, 1.165) is 28.2 Å². The van der Waals surface area contributed by atoms with E-state index < -0.39 is 0 Å². The number of amides is 1. The lowest BCUT2D eigenvalue weighted by Crippen LogP contribution is -2.13. The first-order valence-electron chi connectivity index (χ1n) is 8.16. The number of hydrogen-bond donors (Lipinski definition) is 2. The minimum atomic E-state index is -0.250. The number of carbonyl (C=O) groups is 1. The van der Waals surface area contributed by atoms with Crippen LogP contribution in [0.5, 0.6) is 0 Å². The van der Waals surface area contributed by atoms with Gasteiger partial charge in [-0.3, -0.25) is 4.79 Å². The summed E-state index contributed by atoms with van der Waals surface area (Å²) < 4.78 is 0. The van der Waals surface area contributed by atoms with Crippen LogP contribution in [0.15, 0.2) is 60.8 Å². The molecule has 0 aliphatic rings. The van der Waals surface area contributed by atoms with Crippen molar-refractivity contribution in [3.05, 3.63) is 83.2 Å². The normalized spacial score (nSPS) is 10.0. The summed E-state index contributed by atoms with van der Waals surface area (Å²) in [5.41, 5.74) is 5.50. The minimum absolute atomic E-state index is 0.250. The molecule has 5 heteroatoms. The summed E-state index contributed by atoms with van der Waals surface area (Å²) in [4.78, 5) is 16.6. The van der Waals surface area contributed by atoms with Crippen LogP contribution in [-0.4, -0.2) is 10.9 Å². The molecule has 1 amide bonds. The average molecular weight is 342 g/mol. The lowest BCUT2D eigenvalue weighted by atomic mass is 10.1. The van der Waals surface area contributed by atoms with Gasteiger partial charge < -0.3 is 10.6 Å². The van der Waals surface area contributed by atoms with Crippen LogP contribution >= 0.6 is 0 Å². The van der Waals surface area contributed by atoms with E-state index in [1.165, 1.54) is 0 Å². The standard InChI is InChI=1S/C21H18N4O/c1-14-9-15(2)11-19(10-14)25-21(26)20-8-7-18(13-23-20)24-17-5-3-16(12-22)4-6-17/h3-11,13,24H,1-2H3,(H,25,26). The van der Waals surface area contributed by atoms with Gasteiger partial charge in [-0.25, -0.2) is 4.98 Å². The second kappa shape index (κ2) is 7.49. The molecule has 2 N–H and O–H groups in total. The highest BCUT2D eigenvalue weighted by Gasteiger charge is 2.08. The van der Waals surface area contributed by atoms with Gasteiger partial charge in [0.1, 0.15) is 5.69 Å². The number of hydrogen-bond acceptors (Lipinski definition) is 4. The van der Waals surface area contributed by atoms with E-state index in [9.17, 15) is 4.79 Å². The number of nitrogens with one attached hydrogen (secondary N) is 2. The summed E-state index contributed by atoms with van der Waals surface area (Å²) in [6.07, 6.45) is 1.61. The molecule has 1 aromatic heterocycles. The highest BCUT2D eigenvalue weighted by Crippen LogP contribution is 2.18. The number of pyridine rings is 1. The van der Waals surface area contributed by atoms with Gasteiger partial charge in [0.15, 0.2) is 0 Å². The molecule has 0 radical (unpaired) electrons. The Balaban J connectivity index is 1.68. The molecular formula is C21H18N4O. The molecule has 3 aromatic rings. The SMILES string of the molecule is Cc1cc(C)cc(NC(=O)c2ccc(Nc3ccc(C#N)cc3)cn2)c1. The van der Waals surface area contributed by atoms with Crippen molar-refractivity contribution in [2.75, 3.05) is 10.6 Å². The second-order valence-corrected chi connectivity index (χ2v) is 6.08. The van der Waals surface area contributed by atoms with Gasteiger partial charge in [0.2, 0.25) is 0 Å². The number of aromatic nitrogens is 1. The van der Waals surface area contributed by atoms with Crippen LogP contribution in [0.1, 0.15) is 27.2 Å². The summed E-state index contributed by atoms with van der Waals surface area (Å²) in [5, 5.41) is 14.9. The maximum absolute atomic E-state index is 12.4. The molecular weight excluding hydrogens is 324 g/mol. The Labute approximate surface area is 152 Å². The van der Waals surface area contributed by atoms with Crippen molar-refractivity contribution in [2.24, 2.45) is 0 Å². The fraction of sp³-hybridized carbons (Fsp3) is 0.0952. The summed E-state index contributed by atoms with van der Waals surface area (Å²) in [5.74, 6) is -0.250. The minimum Gasteiger partial charge on any atom is -0.354 e. The third kappa shape index (κ3) is 4.25. The molecule has 128 valence electrons. The summed E-state index contributed by atoms with van der Waals surface area (Å²) >= 11 is 0. The molecule has 0 spiro atoms. The van der Waals surface area contributed by atoms with E-state index in [-0.39, 0.29) is 5.91 Å². The van der Waals surface area contributed by atoms with Crippen molar-refractivity contribution in [3.8, 4) is 6.07 Å². The zero-order chi connectivity index (χ0) is 18.5. The van der Waals surface area contributed by atoms with Gasteiger partial charge in [0.25, 0.3) is 5.91 Å². The molecule has 26 heavy (non-hydrogen) atoms. The monoisotopic (exact) mass is 342 g/mol. The second-order valence-electron chi connectivity index (χ2n) is 6.08. The van der Waals surface area contributed by atoms with Crippen LogP contribution in [0, 0.1) is 25.2 Å². The number of rotatable bonds is 4. The fourth-order valence-corrected chi connectivity index (χ4v) is 2.64. The first-order valence-corrected chi connectivity index (χ1v) is 8.16. The average Bonchev–Trinajstić information content (AvgIpc) is 2.62. The number of anilines is 3. The van der Waals surface area contributed by atoms with Gasteiger partial charge >= 0.3 is 0 Å². The summed E-state index contributed by atoms with van der Waals surface area (Å²) in [6.45, 7) is 3.98. The largest absolute Gasteiger partial charge is 0.354 e. The Bertz CT molecular complexity index is 950. The van der Waals surface area contributed by atoms with Gasteiger partial charge in [0.05, 0.1) is 23.5 Å². The maximum Gasteiger partial charge on any atom is 0.274 e. The number of nitriles is 1. The van der Waals surface area contributed by atoms with Crippen molar-refractivity contribution in [1.82, 2.24) is 4.98 Å². The Morgan fingerprint density at radius 1 is 0.923 bits per heavy atom. The summed E-state index contributed by atoms with van der Waals surface area (Å²) in [7, 11) is 0. The highest BCUT2D eigenvalue weighted by atomic mass is 16.1. The Morgan fingerprint density at radius 3 is 2.15 bits per heavy atom. The molecule has 2 aromatic carbocycles. The van der Waals surface area contributed by atoms with E-state index in [1.807, 2.05) is 38.1 Å². The van der Waals surface area contributed by atoms with Crippen LogP contribution in [0.2, 0.25) is 0 Å². The van der Waals surface area contributed by atoms with E-state index >= 15 is 0 Å². The molecule has 0 saturated carbocycles. The molecule has 0 bridgehead atoms. The van der Waals surface area contributed by atoms with Crippen molar-refractivity contribution in [3.63, 3.8) is 0 Å². The number of benzene rings is 2. The van der Waals surface area contributed by atoms with Gasteiger partial charge in [-0.05, 0) is 73.5 Å². The highest BCUT2D eigenvalue weighted by molar-refractivity contribution is 6.03. The smallest absolute Gasteiger partial charge is 0.274 e. The van der Waals surface area contributed by atoms with Gasteiger partial charge in [0, 0.05) is 11.4 Å². The Hall–Kier alpha value is -3.65. The van der Waals surface area contributed by atoms with Crippen molar-refractivity contribution >= 4 is 23.0 Å². The molecule has 0 saturated heterocycles. The van der Waals surface area contributed by atoms with Crippen LogP contribution in [-0.2, 0) is 0 Å². The topological polar surface area (TPSA) is 77.8 Å². The molecule has 0 aliphatic carbocycles. The zero-order valence-corrected chi connectivity index (χ0v) is 14.6. The van der Waals surface area contributed by atoms with Gasteiger partial charge in [-0.2, -0.15) is 5.26 Å². The predicted molar refractivity (Wildman–Crippen MR) is 103 cm³/mol. The Morgan fingerprint density at radius 2 is 1.58 bits per heavy atom. The first-order chi connectivity index (χ1) is 12.5. The third-order valence-electron chi connectivity index (χ3n) is 3.78. The van der Waals surface area contributed by atoms with E-state index in [4.69, 9.17) is 5.26 Å². The van der Waals surface area contributed by atoms with E-state index in [2.05, 4.69) is 27.8 Å². The number of carbonyl (C=O) groups excluding carboxylic acids is 1. The molecule has 3 rings (SSSR count). The van der Waals surface area contributed by atoms with E-state index in [0.29, 0.717) is 11.3 Å². The van der Waals surface area contributed by atoms with Gasteiger partial charge in [-0.15, -0.1) is 0 Å². The molecule has 0 atom stereocenters. The Kier molecular flexibility index (Phi) is 4.95. The van der Waals surface area contributed by atoms with Gasteiger partial charge in [-0.1, -0.05) is 6.07 Å². The quantitative estimate of drug-likeness (QED) is 0.728. The maximum atomic E-state index is 12.4. The van der Waals surface area contributed by atoms with Crippen molar-refractivity contribution in [1.29, 1.82) is 5.26 Å². The molecule has 1 heterocycles. The predicted octanol–water partition coefficient (Wildman–Crippen LogP) is 4.57. The lowest BCUT2D eigenvalue weighted by molar-refractivity contribution is 0.102. The molecule has 0 fully saturated rings. The number of aryl methyl sites for hydroxylation is 2. The van der Waals surface area contributed by atoms with Crippen LogP contribution in [0.25, 0.3) is 0 Å². The van der Waals surface area contributed by atoms with Crippen molar-refractivity contribution < 1.29 is 4.79 Å². The molecule has 0 aliphatic heterocycles. The zero-order valence-electron chi connectivity index (χ0n) is 14.6. The van der Waals surface area contributed by atoms with Crippen LogP contribution in [0.4, 0.5) is 17.1 Å². The fourth-order valence-electron chi connectivity index (χ4n) is 2.64. The molecule has 0 unspecified atom stereocenters. The first kappa shape index (κ1) is 17.2. The summed E-state index contributed by atoms with van der Waals surface area (Å²) in [6, 6.07) is 18.6. The molecule has 5 nitrogen and oxygen atoms in total. The number of nitrogens with zero attached hydrogens (tertiary/aromatic N) is 2. The van der Waals surface area contributed by atoms with Crippen LogP contribution in [0.3, 0.4) is 0 Å².